The highest BCUT2D eigenvalue weighted by atomic mass is 16.2. The van der Waals surface area contributed by atoms with Gasteiger partial charge in [-0.3, -0.25) is 19.1 Å². The minimum Gasteiger partial charge on any atom is -0.378 e. The maximum atomic E-state index is 13.4. The SMILES string of the molecule is CC(Nc1c(-c2ccc(N(C)C)cc2)nc2cnccn12)C(=O)N1CCN(CCC2CCCCC2)CC1. The summed E-state index contributed by atoms with van der Waals surface area (Å²) in [4.78, 5) is 29.2. The number of carbonyl (C=O) groups is 1. The van der Waals surface area contributed by atoms with E-state index in [-0.39, 0.29) is 11.9 Å². The average molecular weight is 504 g/mol. The van der Waals surface area contributed by atoms with Crippen molar-refractivity contribution in [1.82, 2.24) is 24.2 Å². The van der Waals surface area contributed by atoms with Crippen LogP contribution in [0.1, 0.15) is 45.4 Å². The summed E-state index contributed by atoms with van der Waals surface area (Å²) in [5.74, 6) is 1.87. The smallest absolute Gasteiger partial charge is 0.244 e. The minimum absolute atomic E-state index is 0.143. The van der Waals surface area contributed by atoms with Crippen molar-refractivity contribution in [3.05, 3.63) is 42.9 Å². The van der Waals surface area contributed by atoms with Crippen molar-refractivity contribution in [2.24, 2.45) is 5.92 Å². The number of piperazine rings is 1. The Balaban J connectivity index is 1.24. The zero-order valence-electron chi connectivity index (χ0n) is 22.6. The number of nitrogens with one attached hydrogen (secondary N) is 1. The highest BCUT2D eigenvalue weighted by Crippen LogP contribution is 2.31. The van der Waals surface area contributed by atoms with Gasteiger partial charge in [-0.25, -0.2) is 4.98 Å². The molecule has 1 amide bonds. The molecular formula is C29H41N7O. The monoisotopic (exact) mass is 503 g/mol. The molecule has 5 rings (SSSR count). The van der Waals surface area contributed by atoms with Gasteiger partial charge in [-0.2, -0.15) is 0 Å². The Hall–Kier alpha value is -3.13. The van der Waals surface area contributed by atoms with E-state index in [1.165, 1.54) is 45.1 Å². The molecule has 2 aromatic heterocycles. The van der Waals surface area contributed by atoms with Crippen LogP contribution in [0.4, 0.5) is 11.5 Å². The Morgan fingerprint density at radius 2 is 1.81 bits per heavy atom. The van der Waals surface area contributed by atoms with Crippen molar-refractivity contribution in [2.45, 2.75) is 51.5 Å². The van der Waals surface area contributed by atoms with Crippen LogP contribution < -0.4 is 10.2 Å². The molecule has 37 heavy (non-hydrogen) atoms. The van der Waals surface area contributed by atoms with Crippen molar-refractivity contribution in [3.63, 3.8) is 0 Å². The van der Waals surface area contributed by atoms with E-state index in [0.29, 0.717) is 0 Å². The van der Waals surface area contributed by atoms with Gasteiger partial charge in [0.2, 0.25) is 5.91 Å². The summed E-state index contributed by atoms with van der Waals surface area (Å²) in [5, 5.41) is 3.50. The fourth-order valence-electron chi connectivity index (χ4n) is 5.74. The molecule has 1 saturated carbocycles. The van der Waals surface area contributed by atoms with E-state index in [9.17, 15) is 4.79 Å². The summed E-state index contributed by atoms with van der Waals surface area (Å²) in [6.45, 7) is 6.66. The van der Waals surface area contributed by atoms with Crippen molar-refractivity contribution in [1.29, 1.82) is 0 Å². The first-order valence-electron chi connectivity index (χ1n) is 13.9. The van der Waals surface area contributed by atoms with Crippen LogP contribution in [0.2, 0.25) is 0 Å². The molecule has 3 aromatic rings. The van der Waals surface area contributed by atoms with Gasteiger partial charge in [0.05, 0.1) is 6.20 Å². The van der Waals surface area contributed by atoms with Crippen LogP contribution in [-0.2, 0) is 4.79 Å². The lowest BCUT2D eigenvalue weighted by Crippen LogP contribution is -2.52. The van der Waals surface area contributed by atoms with Crippen LogP contribution in [0.5, 0.6) is 0 Å². The van der Waals surface area contributed by atoms with Gasteiger partial charge in [-0.05, 0) is 37.9 Å². The number of carbonyl (C=O) groups excluding carboxylic acids is 1. The molecule has 1 aromatic carbocycles. The van der Waals surface area contributed by atoms with Gasteiger partial charge in [-0.15, -0.1) is 0 Å². The molecule has 1 aliphatic carbocycles. The van der Waals surface area contributed by atoms with E-state index in [4.69, 9.17) is 4.98 Å². The fourth-order valence-corrected chi connectivity index (χ4v) is 5.74. The summed E-state index contributed by atoms with van der Waals surface area (Å²) in [7, 11) is 4.06. The highest BCUT2D eigenvalue weighted by molar-refractivity contribution is 5.86. The van der Waals surface area contributed by atoms with Crippen LogP contribution in [0.15, 0.2) is 42.9 Å². The third-order valence-electron chi connectivity index (χ3n) is 8.07. The maximum Gasteiger partial charge on any atom is 0.244 e. The van der Waals surface area contributed by atoms with Crippen LogP contribution >= 0.6 is 0 Å². The Kier molecular flexibility index (Phi) is 7.93. The van der Waals surface area contributed by atoms with Crippen molar-refractivity contribution < 1.29 is 4.79 Å². The molecule has 1 unspecified atom stereocenters. The van der Waals surface area contributed by atoms with E-state index in [2.05, 4.69) is 44.4 Å². The Labute approximate surface area is 220 Å². The van der Waals surface area contributed by atoms with Crippen LogP contribution in [0.25, 0.3) is 16.9 Å². The number of fused-ring (bicyclic) bond motifs is 1. The minimum atomic E-state index is -0.360. The molecule has 8 nitrogen and oxygen atoms in total. The van der Waals surface area contributed by atoms with Crippen molar-refractivity contribution in [2.75, 3.05) is 57.0 Å². The van der Waals surface area contributed by atoms with E-state index < -0.39 is 0 Å². The molecule has 2 fully saturated rings. The molecule has 8 heteroatoms. The standard InChI is InChI=1S/C29H41N7O/c1-22(29(37)35-19-17-34(18-20-35)15-13-23-7-5-4-6-8-23)31-28-27(32-26-21-30-14-16-36(26)28)24-9-11-25(12-10-24)33(2)3/h9-12,14,16,21-23,31H,4-8,13,15,17-20H2,1-3H3. The number of benzene rings is 1. The number of rotatable bonds is 8. The number of hydrogen-bond donors (Lipinski definition) is 1. The number of aromatic nitrogens is 3. The van der Waals surface area contributed by atoms with E-state index in [0.717, 1.165) is 60.5 Å². The lowest BCUT2D eigenvalue weighted by molar-refractivity contribution is -0.133. The second-order valence-corrected chi connectivity index (χ2v) is 10.9. The predicted octanol–water partition coefficient (Wildman–Crippen LogP) is 4.38. The maximum absolute atomic E-state index is 13.4. The van der Waals surface area contributed by atoms with Crippen molar-refractivity contribution >= 4 is 23.1 Å². The summed E-state index contributed by atoms with van der Waals surface area (Å²) >= 11 is 0. The summed E-state index contributed by atoms with van der Waals surface area (Å²) < 4.78 is 1.98. The molecule has 1 aliphatic heterocycles. The van der Waals surface area contributed by atoms with E-state index in [1.807, 2.05) is 36.5 Å². The second kappa shape index (κ2) is 11.5. The Morgan fingerprint density at radius 3 is 2.51 bits per heavy atom. The molecule has 198 valence electrons. The topological polar surface area (TPSA) is 69.0 Å². The molecule has 3 heterocycles. The zero-order chi connectivity index (χ0) is 25.8. The Morgan fingerprint density at radius 1 is 1.08 bits per heavy atom. The summed E-state index contributed by atoms with van der Waals surface area (Å²) in [6, 6.07) is 7.97. The molecule has 1 N–H and O–H groups in total. The summed E-state index contributed by atoms with van der Waals surface area (Å²) in [6.07, 6.45) is 13.7. The van der Waals surface area contributed by atoms with Gasteiger partial charge in [0.15, 0.2) is 5.65 Å². The van der Waals surface area contributed by atoms with E-state index in [1.54, 1.807) is 12.4 Å². The normalized spacial score (nSPS) is 18.2. The highest BCUT2D eigenvalue weighted by Gasteiger charge is 2.27. The first-order valence-corrected chi connectivity index (χ1v) is 13.9. The van der Waals surface area contributed by atoms with Crippen LogP contribution in [-0.4, -0.2) is 82.9 Å². The van der Waals surface area contributed by atoms with Gasteiger partial charge in [0.25, 0.3) is 0 Å². The Bertz CT molecular complexity index is 1170. The number of hydrogen-bond acceptors (Lipinski definition) is 6. The number of imidazole rings is 1. The summed E-state index contributed by atoms with van der Waals surface area (Å²) in [5.41, 5.74) is 3.71. The van der Waals surface area contributed by atoms with E-state index >= 15 is 0 Å². The number of anilines is 2. The molecular weight excluding hydrogens is 462 g/mol. The molecule has 0 spiro atoms. The fraction of sp³-hybridized carbons (Fsp3) is 0.552. The predicted molar refractivity (Wildman–Crippen MR) is 150 cm³/mol. The van der Waals surface area contributed by atoms with Gasteiger partial charge in [0.1, 0.15) is 17.6 Å². The second-order valence-electron chi connectivity index (χ2n) is 10.9. The van der Waals surface area contributed by atoms with Crippen LogP contribution in [0, 0.1) is 5.92 Å². The lowest BCUT2D eigenvalue weighted by atomic mass is 9.87. The molecule has 1 saturated heterocycles. The lowest BCUT2D eigenvalue weighted by Gasteiger charge is -2.37. The van der Waals surface area contributed by atoms with Gasteiger partial charge in [-0.1, -0.05) is 44.2 Å². The largest absolute Gasteiger partial charge is 0.378 e. The molecule has 2 aliphatic rings. The zero-order valence-corrected chi connectivity index (χ0v) is 22.6. The van der Waals surface area contributed by atoms with Crippen molar-refractivity contribution in [3.8, 4) is 11.3 Å². The number of nitrogens with zero attached hydrogens (tertiary/aromatic N) is 6. The molecule has 0 bridgehead atoms. The first kappa shape index (κ1) is 25.5. The third-order valence-corrected chi connectivity index (χ3v) is 8.07. The average Bonchev–Trinajstić information content (AvgIpc) is 3.30. The quantitative estimate of drug-likeness (QED) is 0.492. The molecule has 0 radical (unpaired) electrons. The third kappa shape index (κ3) is 5.90. The van der Waals surface area contributed by atoms with Gasteiger partial charge >= 0.3 is 0 Å². The number of amides is 1. The first-order chi connectivity index (χ1) is 18.0. The van der Waals surface area contributed by atoms with Crippen LogP contribution in [0.3, 0.4) is 0 Å². The van der Waals surface area contributed by atoms with Gasteiger partial charge < -0.3 is 15.1 Å². The van der Waals surface area contributed by atoms with Gasteiger partial charge in [0, 0.05) is 63.9 Å². The molecule has 1 atom stereocenters.